The van der Waals surface area contributed by atoms with Gasteiger partial charge in [-0.2, -0.15) is 0 Å². The summed E-state index contributed by atoms with van der Waals surface area (Å²) in [6.07, 6.45) is 14.3. The third kappa shape index (κ3) is 6.13. The minimum atomic E-state index is 0.692. The first-order chi connectivity index (χ1) is 13.8. The summed E-state index contributed by atoms with van der Waals surface area (Å²) in [4.78, 5) is 0. The maximum absolute atomic E-state index is 3.27. The Bertz CT molecular complexity index is 788. The van der Waals surface area contributed by atoms with Crippen molar-refractivity contribution in [3.05, 3.63) is 82.9 Å². The highest BCUT2D eigenvalue weighted by Crippen LogP contribution is 2.36. The Morgan fingerprint density at radius 1 is 0.786 bits per heavy atom. The normalized spacial score (nSPS) is 19.4. The van der Waals surface area contributed by atoms with Crippen LogP contribution in [0.1, 0.15) is 80.5 Å². The van der Waals surface area contributed by atoms with E-state index in [1.807, 2.05) is 0 Å². The molecule has 1 fully saturated rings. The highest BCUT2D eigenvalue weighted by molar-refractivity contribution is 5.38. The molecule has 1 saturated carbocycles. The molecule has 0 heteroatoms. The standard InChI is InChI=1S/C28H34/c1-3-7-23-11-13-25(14-12-23)9-5-6-10-26-17-21-28(22-18-26)27-19-15-24(8-4-2)16-20-27/h6,10-16,19-20,26,28H,3-4,7-8,17-18,21-22H2,1-2H3/b10-6+/t26-,28-. The van der Waals surface area contributed by atoms with Gasteiger partial charge in [0.05, 0.1) is 0 Å². The zero-order valence-electron chi connectivity index (χ0n) is 17.6. The fourth-order valence-corrected chi connectivity index (χ4v) is 4.24. The Kier molecular flexibility index (Phi) is 7.98. The highest BCUT2D eigenvalue weighted by Gasteiger charge is 2.20. The van der Waals surface area contributed by atoms with Crippen LogP contribution in [0.15, 0.2) is 60.7 Å². The second-order valence-corrected chi connectivity index (χ2v) is 8.18. The molecule has 0 radical (unpaired) electrons. The van der Waals surface area contributed by atoms with E-state index >= 15 is 0 Å². The van der Waals surface area contributed by atoms with Crippen LogP contribution in [-0.4, -0.2) is 0 Å². The molecule has 2 aromatic rings. The molecule has 146 valence electrons. The zero-order chi connectivity index (χ0) is 19.6. The van der Waals surface area contributed by atoms with Crippen molar-refractivity contribution in [2.24, 2.45) is 5.92 Å². The molecular formula is C28H34. The predicted molar refractivity (Wildman–Crippen MR) is 122 cm³/mol. The second-order valence-electron chi connectivity index (χ2n) is 8.18. The largest absolute Gasteiger partial charge is 0.0730 e. The van der Waals surface area contributed by atoms with E-state index in [9.17, 15) is 0 Å². The van der Waals surface area contributed by atoms with Crippen molar-refractivity contribution in [2.75, 3.05) is 0 Å². The van der Waals surface area contributed by atoms with Gasteiger partial charge in [0.1, 0.15) is 0 Å². The van der Waals surface area contributed by atoms with Gasteiger partial charge in [-0.1, -0.05) is 81.0 Å². The topological polar surface area (TPSA) is 0 Å². The average molecular weight is 371 g/mol. The third-order valence-corrected chi connectivity index (χ3v) is 5.92. The number of hydrogen-bond acceptors (Lipinski definition) is 0. The van der Waals surface area contributed by atoms with Crippen molar-refractivity contribution >= 4 is 0 Å². The minimum Gasteiger partial charge on any atom is -0.0730 e. The molecule has 0 aromatic heterocycles. The summed E-state index contributed by atoms with van der Waals surface area (Å²) < 4.78 is 0. The van der Waals surface area contributed by atoms with Crippen molar-refractivity contribution in [1.82, 2.24) is 0 Å². The predicted octanol–water partition coefficient (Wildman–Crippen LogP) is 7.47. The Morgan fingerprint density at radius 3 is 1.93 bits per heavy atom. The fourth-order valence-electron chi connectivity index (χ4n) is 4.24. The van der Waals surface area contributed by atoms with Gasteiger partial charge in [0.25, 0.3) is 0 Å². The van der Waals surface area contributed by atoms with Crippen LogP contribution in [0.4, 0.5) is 0 Å². The van der Waals surface area contributed by atoms with E-state index < -0.39 is 0 Å². The van der Waals surface area contributed by atoms with Crippen LogP contribution in [0.25, 0.3) is 0 Å². The maximum Gasteiger partial charge on any atom is 0.0249 e. The molecule has 28 heavy (non-hydrogen) atoms. The summed E-state index contributed by atoms with van der Waals surface area (Å²) in [7, 11) is 0. The first-order valence-electron chi connectivity index (χ1n) is 11.1. The van der Waals surface area contributed by atoms with Gasteiger partial charge >= 0.3 is 0 Å². The average Bonchev–Trinajstić information content (AvgIpc) is 2.74. The molecule has 0 atom stereocenters. The van der Waals surface area contributed by atoms with E-state index in [1.165, 1.54) is 61.6 Å². The molecule has 0 bridgehead atoms. The number of allylic oxidation sites excluding steroid dienone is 2. The molecule has 0 amide bonds. The number of rotatable bonds is 6. The molecule has 0 saturated heterocycles. The summed E-state index contributed by atoms with van der Waals surface area (Å²) in [5.41, 5.74) is 5.52. The summed E-state index contributed by atoms with van der Waals surface area (Å²) in [5.74, 6) is 7.93. The Labute approximate surface area is 172 Å². The molecule has 3 rings (SSSR count). The SMILES string of the molecule is CCCc1ccc(C#C/C=C/[C@H]2CC[C@H](c3ccc(CCC)cc3)CC2)cc1. The lowest BCUT2D eigenvalue weighted by atomic mass is 9.78. The van der Waals surface area contributed by atoms with Crippen molar-refractivity contribution < 1.29 is 0 Å². The zero-order valence-corrected chi connectivity index (χ0v) is 17.6. The van der Waals surface area contributed by atoms with Crippen LogP contribution in [0.5, 0.6) is 0 Å². The van der Waals surface area contributed by atoms with Gasteiger partial charge in [0, 0.05) is 5.56 Å². The lowest BCUT2D eigenvalue weighted by molar-refractivity contribution is 0.376. The van der Waals surface area contributed by atoms with Crippen LogP contribution < -0.4 is 0 Å². The summed E-state index contributed by atoms with van der Waals surface area (Å²) in [5, 5.41) is 0. The monoisotopic (exact) mass is 370 g/mol. The molecule has 0 heterocycles. The third-order valence-electron chi connectivity index (χ3n) is 5.92. The quantitative estimate of drug-likeness (QED) is 0.462. The van der Waals surface area contributed by atoms with E-state index in [2.05, 4.69) is 86.4 Å². The number of aryl methyl sites for hydroxylation is 2. The Hall–Kier alpha value is -2.26. The molecule has 1 aliphatic rings. The molecule has 2 aromatic carbocycles. The van der Waals surface area contributed by atoms with Gasteiger partial charge in [-0.15, -0.1) is 0 Å². The van der Waals surface area contributed by atoms with Gasteiger partial charge in [0.2, 0.25) is 0 Å². The highest BCUT2D eigenvalue weighted by atomic mass is 14.3. The van der Waals surface area contributed by atoms with Crippen molar-refractivity contribution in [2.45, 2.75) is 71.1 Å². The lowest BCUT2D eigenvalue weighted by Crippen LogP contribution is -2.11. The van der Waals surface area contributed by atoms with Crippen molar-refractivity contribution in [3.63, 3.8) is 0 Å². The molecule has 0 unspecified atom stereocenters. The summed E-state index contributed by atoms with van der Waals surface area (Å²) in [6.45, 7) is 4.46. The molecule has 0 nitrogen and oxygen atoms in total. The number of benzene rings is 2. The van der Waals surface area contributed by atoms with Crippen LogP contribution in [-0.2, 0) is 12.8 Å². The second kappa shape index (κ2) is 10.9. The molecule has 0 N–H and O–H groups in total. The van der Waals surface area contributed by atoms with Crippen LogP contribution in [0.3, 0.4) is 0 Å². The van der Waals surface area contributed by atoms with Crippen molar-refractivity contribution in [1.29, 1.82) is 0 Å². The van der Waals surface area contributed by atoms with E-state index in [-0.39, 0.29) is 0 Å². The first kappa shape index (κ1) is 20.5. The molecular weight excluding hydrogens is 336 g/mol. The van der Waals surface area contributed by atoms with Gasteiger partial charge < -0.3 is 0 Å². The van der Waals surface area contributed by atoms with E-state index in [1.54, 1.807) is 0 Å². The van der Waals surface area contributed by atoms with Gasteiger partial charge in [-0.05, 0) is 85.3 Å². The van der Waals surface area contributed by atoms with Crippen LogP contribution in [0.2, 0.25) is 0 Å². The number of hydrogen-bond donors (Lipinski definition) is 0. The van der Waals surface area contributed by atoms with Gasteiger partial charge in [-0.25, -0.2) is 0 Å². The lowest BCUT2D eigenvalue weighted by Gasteiger charge is -2.27. The van der Waals surface area contributed by atoms with Gasteiger partial charge in [0.15, 0.2) is 0 Å². The molecule has 0 spiro atoms. The van der Waals surface area contributed by atoms with Crippen LogP contribution in [0, 0.1) is 17.8 Å². The van der Waals surface area contributed by atoms with Crippen LogP contribution >= 0.6 is 0 Å². The smallest absolute Gasteiger partial charge is 0.0249 e. The Balaban J connectivity index is 1.46. The van der Waals surface area contributed by atoms with E-state index in [0.717, 1.165) is 17.9 Å². The molecule has 0 aliphatic heterocycles. The first-order valence-corrected chi connectivity index (χ1v) is 11.1. The minimum absolute atomic E-state index is 0.692. The van der Waals surface area contributed by atoms with Gasteiger partial charge in [-0.3, -0.25) is 0 Å². The van der Waals surface area contributed by atoms with Crippen molar-refractivity contribution in [3.8, 4) is 11.8 Å². The summed E-state index contributed by atoms with van der Waals surface area (Å²) in [6, 6.07) is 18.1. The fraction of sp³-hybridized carbons (Fsp3) is 0.429. The van der Waals surface area contributed by atoms with E-state index in [4.69, 9.17) is 0 Å². The maximum atomic E-state index is 3.27. The molecule has 1 aliphatic carbocycles. The summed E-state index contributed by atoms with van der Waals surface area (Å²) >= 11 is 0. The van der Waals surface area contributed by atoms with E-state index in [0.29, 0.717) is 5.92 Å². The Morgan fingerprint density at radius 2 is 1.36 bits per heavy atom.